The Kier molecular flexibility index (Phi) is 13.3. The van der Waals surface area contributed by atoms with Crippen LogP contribution >= 0.6 is 0 Å². The molecule has 11 heteroatoms. The van der Waals surface area contributed by atoms with Gasteiger partial charge in [0.15, 0.2) is 0 Å². The third-order valence-electron chi connectivity index (χ3n) is 5.37. The molecular formula is C22H40N4O7. The zero-order chi connectivity index (χ0) is 25.9. The molecule has 5 unspecified atom stereocenters. The van der Waals surface area contributed by atoms with Gasteiger partial charge >= 0.3 is 11.9 Å². The van der Waals surface area contributed by atoms with Gasteiger partial charge in [0.1, 0.15) is 18.1 Å². The van der Waals surface area contributed by atoms with Gasteiger partial charge in [-0.05, 0) is 30.6 Å². The van der Waals surface area contributed by atoms with Gasteiger partial charge in [0.05, 0.1) is 6.04 Å². The first-order valence-electron chi connectivity index (χ1n) is 11.3. The molecule has 0 aliphatic rings. The van der Waals surface area contributed by atoms with Crippen LogP contribution in [-0.4, -0.2) is 64.0 Å². The molecule has 0 radical (unpaired) electrons. The number of carbonyl (C=O) groups is 5. The molecule has 11 nitrogen and oxygen atoms in total. The fourth-order valence-electron chi connectivity index (χ4n) is 3.15. The van der Waals surface area contributed by atoms with Crippen LogP contribution < -0.4 is 21.7 Å². The molecule has 0 aromatic carbocycles. The van der Waals surface area contributed by atoms with E-state index in [0.717, 1.165) is 0 Å². The van der Waals surface area contributed by atoms with Crippen LogP contribution in [0.3, 0.4) is 0 Å². The fraction of sp³-hybridized carbons (Fsp3) is 0.773. The average molecular weight is 473 g/mol. The van der Waals surface area contributed by atoms with E-state index in [1.54, 1.807) is 27.7 Å². The fourth-order valence-corrected chi connectivity index (χ4v) is 3.15. The Balaban J connectivity index is 5.54. The van der Waals surface area contributed by atoms with Gasteiger partial charge in [-0.25, -0.2) is 4.79 Å². The van der Waals surface area contributed by atoms with Gasteiger partial charge in [0.2, 0.25) is 17.7 Å². The van der Waals surface area contributed by atoms with Gasteiger partial charge < -0.3 is 31.9 Å². The lowest BCUT2D eigenvalue weighted by atomic mass is 9.98. The number of nitrogens with two attached hydrogens (primary N) is 1. The SMILES string of the molecule is CCC(C)C(NC(=O)C(CCC(=O)O)NC(=O)C(NC(=O)C(N)CC(C)C)C(C)C)C(=O)O. The van der Waals surface area contributed by atoms with E-state index in [0.29, 0.717) is 12.8 Å². The van der Waals surface area contributed by atoms with Crippen LogP contribution in [0.25, 0.3) is 0 Å². The predicted octanol–water partition coefficient (Wildman–Crippen LogP) is 0.466. The number of rotatable bonds is 15. The molecule has 190 valence electrons. The van der Waals surface area contributed by atoms with Crippen molar-refractivity contribution in [1.82, 2.24) is 16.0 Å². The van der Waals surface area contributed by atoms with Crippen LogP contribution in [-0.2, 0) is 24.0 Å². The van der Waals surface area contributed by atoms with Crippen molar-refractivity contribution in [2.24, 2.45) is 23.5 Å². The molecule has 0 saturated carbocycles. The zero-order valence-corrected chi connectivity index (χ0v) is 20.4. The Morgan fingerprint density at radius 2 is 1.36 bits per heavy atom. The lowest BCUT2D eigenvalue weighted by molar-refractivity contribution is -0.144. The Morgan fingerprint density at radius 3 is 1.79 bits per heavy atom. The second-order valence-corrected chi connectivity index (χ2v) is 9.17. The van der Waals surface area contributed by atoms with E-state index in [1.807, 2.05) is 13.8 Å². The highest BCUT2D eigenvalue weighted by Gasteiger charge is 2.33. The first-order chi connectivity index (χ1) is 15.2. The molecule has 3 amide bonds. The molecule has 0 spiro atoms. The van der Waals surface area contributed by atoms with Crippen molar-refractivity contribution in [1.29, 1.82) is 0 Å². The number of aliphatic carboxylic acids is 2. The maximum absolute atomic E-state index is 12.9. The molecule has 0 bridgehead atoms. The van der Waals surface area contributed by atoms with Crippen molar-refractivity contribution in [2.75, 3.05) is 0 Å². The number of carboxylic acid groups (broad SMARTS) is 2. The smallest absolute Gasteiger partial charge is 0.326 e. The highest BCUT2D eigenvalue weighted by molar-refractivity contribution is 5.94. The van der Waals surface area contributed by atoms with Gasteiger partial charge in [0.25, 0.3) is 0 Å². The van der Waals surface area contributed by atoms with E-state index < -0.39 is 60.2 Å². The lowest BCUT2D eigenvalue weighted by Crippen LogP contribution is -2.59. The summed E-state index contributed by atoms with van der Waals surface area (Å²) in [5.41, 5.74) is 5.89. The number of nitrogens with one attached hydrogen (secondary N) is 3. The largest absolute Gasteiger partial charge is 0.481 e. The summed E-state index contributed by atoms with van der Waals surface area (Å²) >= 11 is 0. The van der Waals surface area contributed by atoms with Crippen LogP contribution in [0.5, 0.6) is 0 Å². The summed E-state index contributed by atoms with van der Waals surface area (Å²) in [7, 11) is 0. The summed E-state index contributed by atoms with van der Waals surface area (Å²) < 4.78 is 0. The van der Waals surface area contributed by atoms with Crippen molar-refractivity contribution in [3.05, 3.63) is 0 Å². The lowest BCUT2D eigenvalue weighted by Gasteiger charge is -2.28. The first-order valence-corrected chi connectivity index (χ1v) is 11.3. The van der Waals surface area contributed by atoms with Crippen LogP contribution in [0.15, 0.2) is 0 Å². The summed E-state index contributed by atoms with van der Waals surface area (Å²) in [5.74, 6) is -4.96. The molecule has 0 aliphatic heterocycles. The van der Waals surface area contributed by atoms with E-state index in [-0.39, 0.29) is 24.2 Å². The van der Waals surface area contributed by atoms with Crippen molar-refractivity contribution in [3.63, 3.8) is 0 Å². The Morgan fingerprint density at radius 1 is 0.818 bits per heavy atom. The maximum Gasteiger partial charge on any atom is 0.326 e. The Labute approximate surface area is 195 Å². The van der Waals surface area contributed by atoms with Gasteiger partial charge in [-0.2, -0.15) is 0 Å². The van der Waals surface area contributed by atoms with E-state index in [9.17, 15) is 29.1 Å². The van der Waals surface area contributed by atoms with E-state index >= 15 is 0 Å². The highest BCUT2D eigenvalue weighted by Crippen LogP contribution is 2.11. The quantitative estimate of drug-likeness (QED) is 0.198. The number of hydrogen-bond donors (Lipinski definition) is 6. The van der Waals surface area contributed by atoms with E-state index in [2.05, 4.69) is 16.0 Å². The van der Waals surface area contributed by atoms with Crippen molar-refractivity contribution >= 4 is 29.7 Å². The molecule has 5 atom stereocenters. The van der Waals surface area contributed by atoms with Crippen LogP contribution in [0.2, 0.25) is 0 Å². The molecular weight excluding hydrogens is 432 g/mol. The van der Waals surface area contributed by atoms with Gasteiger partial charge in [-0.1, -0.05) is 48.0 Å². The maximum atomic E-state index is 12.9. The third-order valence-corrected chi connectivity index (χ3v) is 5.37. The molecule has 0 fully saturated rings. The molecule has 0 aromatic rings. The second-order valence-electron chi connectivity index (χ2n) is 9.17. The molecule has 0 aromatic heterocycles. The number of carboxylic acids is 2. The van der Waals surface area contributed by atoms with Crippen LogP contribution in [0.4, 0.5) is 0 Å². The van der Waals surface area contributed by atoms with Gasteiger partial charge in [-0.3, -0.25) is 19.2 Å². The summed E-state index contributed by atoms with van der Waals surface area (Å²) in [6, 6.07) is -4.30. The van der Waals surface area contributed by atoms with Gasteiger partial charge in [-0.15, -0.1) is 0 Å². The third kappa shape index (κ3) is 11.1. The number of amides is 3. The first kappa shape index (κ1) is 30.3. The van der Waals surface area contributed by atoms with Gasteiger partial charge in [0, 0.05) is 6.42 Å². The zero-order valence-electron chi connectivity index (χ0n) is 20.4. The number of hydrogen-bond acceptors (Lipinski definition) is 6. The number of carbonyl (C=O) groups excluding carboxylic acids is 3. The topological polar surface area (TPSA) is 188 Å². The minimum atomic E-state index is -1.29. The predicted molar refractivity (Wildman–Crippen MR) is 122 cm³/mol. The normalized spacial score (nSPS) is 15.8. The molecule has 0 rings (SSSR count). The molecule has 7 N–H and O–H groups in total. The molecule has 0 saturated heterocycles. The standard InChI is InChI=1S/C22H40N4O7/c1-7-13(6)18(22(32)33)26-20(30)15(8-9-16(27)28)24-21(31)17(12(4)5)25-19(29)14(23)10-11(2)3/h11-15,17-18H,7-10,23H2,1-6H3,(H,24,31)(H,25,29)(H,26,30)(H,27,28)(H,32,33). The van der Waals surface area contributed by atoms with E-state index in [1.165, 1.54) is 0 Å². The minimum Gasteiger partial charge on any atom is -0.481 e. The minimum absolute atomic E-state index is 0.175. The van der Waals surface area contributed by atoms with Crippen LogP contribution in [0.1, 0.15) is 67.2 Å². The summed E-state index contributed by atoms with van der Waals surface area (Å²) in [6.45, 7) is 10.7. The Hall–Kier alpha value is -2.69. The van der Waals surface area contributed by atoms with E-state index in [4.69, 9.17) is 10.8 Å². The molecule has 0 heterocycles. The van der Waals surface area contributed by atoms with Crippen LogP contribution in [0, 0.1) is 17.8 Å². The highest BCUT2D eigenvalue weighted by atomic mass is 16.4. The van der Waals surface area contributed by atoms with Crippen molar-refractivity contribution in [3.8, 4) is 0 Å². The molecule has 33 heavy (non-hydrogen) atoms. The summed E-state index contributed by atoms with van der Waals surface area (Å²) in [4.78, 5) is 60.7. The second kappa shape index (κ2) is 14.5. The van der Waals surface area contributed by atoms with Crippen molar-refractivity contribution < 1.29 is 34.2 Å². The van der Waals surface area contributed by atoms with Crippen molar-refractivity contribution in [2.45, 2.75) is 91.4 Å². The monoisotopic (exact) mass is 472 g/mol. The Bertz CT molecular complexity index is 696. The summed E-state index contributed by atoms with van der Waals surface area (Å²) in [5, 5.41) is 25.9. The average Bonchev–Trinajstić information content (AvgIpc) is 2.70. The molecule has 0 aliphatic carbocycles. The summed E-state index contributed by atoms with van der Waals surface area (Å²) in [6.07, 6.45) is 0.248.